The minimum Gasteiger partial charge on any atom is -0.462 e. The predicted octanol–water partition coefficient (Wildman–Crippen LogP) is 1.24. The van der Waals surface area contributed by atoms with Gasteiger partial charge in [0.1, 0.15) is 12.2 Å². The molecule has 7 nitrogen and oxygen atoms in total. The van der Waals surface area contributed by atoms with Crippen LogP contribution in [0.25, 0.3) is 0 Å². The highest BCUT2D eigenvalue weighted by Crippen LogP contribution is 2.56. The topological polar surface area (TPSA) is 99.1 Å². The number of rotatable bonds is 5. The van der Waals surface area contributed by atoms with Gasteiger partial charge in [-0.05, 0) is 12.8 Å². The number of aliphatic hydroxyl groups excluding tert-OH is 1. The van der Waals surface area contributed by atoms with Gasteiger partial charge in [0, 0.05) is 22.5 Å². The van der Waals surface area contributed by atoms with E-state index in [0.29, 0.717) is 12.8 Å². The second kappa shape index (κ2) is 6.81. The van der Waals surface area contributed by atoms with Crippen molar-refractivity contribution in [2.75, 3.05) is 13.2 Å². The molecule has 1 N–H and O–H groups in total. The first kappa shape index (κ1) is 19.1. The van der Waals surface area contributed by atoms with E-state index in [2.05, 4.69) is 26.3 Å². The van der Waals surface area contributed by atoms with E-state index in [1.165, 1.54) is 0 Å². The van der Waals surface area contributed by atoms with Crippen LogP contribution in [0.2, 0.25) is 0 Å². The molecule has 0 aromatic rings. The summed E-state index contributed by atoms with van der Waals surface area (Å²) in [5.74, 6) is -2.98. The molecular weight excluding hydrogens is 352 g/mol. The number of carbonyl (C=O) groups excluding carboxylic acids is 3. The Morgan fingerprint density at radius 3 is 2.63 bits per heavy atom. The van der Waals surface area contributed by atoms with Gasteiger partial charge in [0.25, 0.3) is 0 Å². The van der Waals surface area contributed by atoms with E-state index in [1.807, 2.05) is 0 Å². The quantitative estimate of drug-likeness (QED) is 0.334. The number of allylic oxidation sites excluding steroid dienone is 1. The van der Waals surface area contributed by atoms with Gasteiger partial charge < -0.3 is 19.3 Å². The van der Waals surface area contributed by atoms with Gasteiger partial charge in [0.05, 0.1) is 24.7 Å². The minimum atomic E-state index is -0.757. The number of aliphatic hydroxyl groups is 1. The van der Waals surface area contributed by atoms with E-state index in [0.717, 1.165) is 0 Å². The predicted molar refractivity (Wildman–Crippen MR) is 94.1 cm³/mol. The number of ether oxygens (including phenoxy) is 3. The molecule has 5 unspecified atom stereocenters. The van der Waals surface area contributed by atoms with Crippen LogP contribution in [0, 0.1) is 17.3 Å². The summed E-state index contributed by atoms with van der Waals surface area (Å²) in [5.41, 5.74) is -0.345. The van der Waals surface area contributed by atoms with Crippen molar-refractivity contribution in [3.63, 3.8) is 0 Å². The average molecular weight is 374 g/mol. The Bertz CT molecular complexity index is 764. The molecule has 0 bridgehead atoms. The van der Waals surface area contributed by atoms with E-state index in [-0.39, 0.29) is 23.3 Å². The summed E-state index contributed by atoms with van der Waals surface area (Å²) < 4.78 is 16.4. The third-order valence-electron chi connectivity index (χ3n) is 5.68. The fourth-order valence-electron chi connectivity index (χ4n) is 4.42. The SMILES string of the molecule is C=CCC12COC(=O)C(=C)C1C1OC(=O)C(=C)C1C(OC(=O)C(=C)CO)C2. The van der Waals surface area contributed by atoms with Crippen molar-refractivity contribution in [3.05, 3.63) is 49.1 Å². The van der Waals surface area contributed by atoms with Gasteiger partial charge in [-0.15, -0.1) is 6.58 Å². The zero-order valence-electron chi connectivity index (χ0n) is 14.9. The molecule has 27 heavy (non-hydrogen) atoms. The molecule has 0 amide bonds. The van der Waals surface area contributed by atoms with Gasteiger partial charge >= 0.3 is 17.9 Å². The molecule has 2 aliphatic heterocycles. The molecule has 2 heterocycles. The van der Waals surface area contributed by atoms with Crippen LogP contribution in [-0.2, 0) is 28.6 Å². The smallest absolute Gasteiger partial charge is 0.336 e. The molecule has 1 aliphatic carbocycles. The molecular formula is C20H22O7. The first-order chi connectivity index (χ1) is 12.8. The van der Waals surface area contributed by atoms with Crippen LogP contribution < -0.4 is 0 Å². The number of hydrogen-bond acceptors (Lipinski definition) is 7. The van der Waals surface area contributed by atoms with E-state index < -0.39 is 54.0 Å². The summed E-state index contributed by atoms with van der Waals surface area (Å²) in [6.45, 7) is 14.4. The lowest BCUT2D eigenvalue weighted by Gasteiger charge is -2.52. The second-order valence-corrected chi connectivity index (χ2v) is 7.26. The van der Waals surface area contributed by atoms with Crippen LogP contribution in [0.4, 0.5) is 0 Å². The highest BCUT2D eigenvalue weighted by atomic mass is 16.6. The molecule has 3 fully saturated rings. The van der Waals surface area contributed by atoms with Crippen molar-refractivity contribution in [2.24, 2.45) is 17.3 Å². The Balaban J connectivity index is 2.03. The standard InChI is InChI=1S/C20H22O7/c1-5-6-20-7-13(26-17(22)10(2)8-21)14-11(3)19(24)27-16(14)15(20)12(4)18(23)25-9-20/h5,13-16,21H,1-4,6-9H2. The summed E-state index contributed by atoms with van der Waals surface area (Å²) in [5, 5.41) is 9.12. The van der Waals surface area contributed by atoms with Crippen LogP contribution in [0.3, 0.4) is 0 Å². The van der Waals surface area contributed by atoms with E-state index in [4.69, 9.17) is 19.3 Å². The highest BCUT2D eigenvalue weighted by molar-refractivity contribution is 5.93. The molecule has 0 radical (unpaired) electrons. The summed E-state index contributed by atoms with van der Waals surface area (Å²) in [6, 6.07) is 0. The fourth-order valence-corrected chi connectivity index (χ4v) is 4.42. The number of cyclic esters (lactones) is 1. The largest absolute Gasteiger partial charge is 0.462 e. The van der Waals surface area contributed by atoms with Gasteiger partial charge in [0.15, 0.2) is 0 Å². The van der Waals surface area contributed by atoms with Crippen LogP contribution >= 0.6 is 0 Å². The lowest BCUT2D eigenvalue weighted by atomic mass is 9.56. The molecule has 0 aromatic heterocycles. The van der Waals surface area contributed by atoms with Crippen LogP contribution in [0.15, 0.2) is 49.1 Å². The van der Waals surface area contributed by atoms with Gasteiger partial charge in [-0.1, -0.05) is 25.8 Å². The Morgan fingerprint density at radius 2 is 2.00 bits per heavy atom. The molecule has 0 spiro atoms. The molecule has 0 aromatic carbocycles. The van der Waals surface area contributed by atoms with Crippen molar-refractivity contribution in [2.45, 2.75) is 25.0 Å². The highest BCUT2D eigenvalue weighted by Gasteiger charge is 2.63. The van der Waals surface area contributed by atoms with E-state index in [9.17, 15) is 14.4 Å². The third-order valence-corrected chi connectivity index (χ3v) is 5.68. The van der Waals surface area contributed by atoms with Gasteiger partial charge in [-0.3, -0.25) is 0 Å². The Morgan fingerprint density at radius 1 is 1.30 bits per heavy atom. The van der Waals surface area contributed by atoms with E-state index in [1.54, 1.807) is 6.08 Å². The van der Waals surface area contributed by atoms with Crippen molar-refractivity contribution in [1.82, 2.24) is 0 Å². The van der Waals surface area contributed by atoms with Crippen molar-refractivity contribution in [1.29, 1.82) is 0 Å². The van der Waals surface area contributed by atoms with Crippen molar-refractivity contribution < 1.29 is 33.7 Å². The Kier molecular flexibility index (Phi) is 4.82. The maximum Gasteiger partial charge on any atom is 0.336 e. The fraction of sp³-hybridized carbons (Fsp3) is 0.450. The van der Waals surface area contributed by atoms with Gasteiger partial charge in [0.2, 0.25) is 0 Å². The Hall–Kier alpha value is -2.67. The molecule has 5 atom stereocenters. The molecule has 3 rings (SSSR count). The molecule has 2 saturated heterocycles. The zero-order chi connectivity index (χ0) is 19.9. The summed E-state index contributed by atoms with van der Waals surface area (Å²) in [4.78, 5) is 36.5. The van der Waals surface area contributed by atoms with Gasteiger partial charge in [-0.2, -0.15) is 0 Å². The first-order valence-corrected chi connectivity index (χ1v) is 8.62. The summed E-state index contributed by atoms with van der Waals surface area (Å²) >= 11 is 0. The third kappa shape index (κ3) is 2.92. The van der Waals surface area contributed by atoms with Crippen LogP contribution in [0.5, 0.6) is 0 Å². The molecule has 144 valence electrons. The van der Waals surface area contributed by atoms with Crippen molar-refractivity contribution in [3.8, 4) is 0 Å². The lowest BCUT2D eigenvalue weighted by Crippen LogP contribution is -2.58. The summed E-state index contributed by atoms with van der Waals surface area (Å²) in [6.07, 6.45) is 0.963. The normalized spacial score (nSPS) is 34.9. The average Bonchev–Trinajstić information content (AvgIpc) is 2.92. The number of esters is 3. The lowest BCUT2D eigenvalue weighted by molar-refractivity contribution is -0.182. The number of fused-ring (bicyclic) bond motifs is 3. The van der Waals surface area contributed by atoms with Gasteiger partial charge in [-0.25, -0.2) is 14.4 Å². The van der Waals surface area contributed by atoms with Crippen molar-refractivity contribution >= 4 is 17.9 Å². The number of hydrogen-bond donors (Lipinski definition) is 1. The monoisotopic (exact) mass is 374 g/mol. The Labute approximate surface area is 157 Å². The van der Waals surface area contributed by atoms with Crippen LogP contribution in [-0.4, -0.2) is 48.4 Å². The zero-order valence-corrected chi connectivity index (χ0v) is 14.9. The number of carbonyl (C=O) groups is 3. The molecule has 3 aliphatic rings. The van der Waals surface area contributed by atoms with E-state index >= 15 is 0 Å². The second-order valence-electron chi connectivity index (χ2n) is 7.26. The molecule has 1 saturated carbocycles. The summed E-state index contributed by atoms with van der Waals surface area (Å²) in [7, 11) is 0. The minimum absolute atomic E-state index is 0.0732. The first-order valence-electron chi connectivity index (χ1n) is 8.62. The molecule has 7 heteroatoms. The van der Waals surface area contributed by atoms with Crippen LogP contribution in [0.1, 0.15) is 12.8 Å². The maximum atomic E-state index is 12.2. The maximum absolute atomic E-state index is 12.2.